The molecule has 1 aliphatic rings. The second kappa shape index (κ2) is 7.10. The van der Waals surface area contributed by atoms with Gasteiger partial charge in [0.2, 0.25) is 0 Å². The van der Waals surface area contributed by atoms with Crippen molar-refractivity contribution in [2.45, 2.75) is 52.2 Å². The standard InChI is InChI=1S/C14H29N3O2/c1-5-17(13(18)19-14(2,3)4)12-7-6-9-16(11-12)10-8-15/h12H,5-11,15H2,1-4H3/t12-/m1/s1. The Balaban J connectivity index is 2.60. The number of rotatable bonds is 4. The summed E-state index contributed by atoms with van der Waals surface area (Å²) < 4.78 is 5.48. The lowest BCUT2D eigenvalue weighted by Crippen LogP contribution is -2.52. The Labute approximate surface area is 117 Å². The number of nitrogens with zero attached hydrogens (tertiary/aromatic N) is 2. The summed E-state index contributed by atoms with van der Waals surface area (Å²) in [4.78, 5) is 16.4. The van der Waals surface area contributed by atoms with Crippen molar-refractivity contribution in [1.29, 1.82) is 0 Å². The van der Waals surface area contributed by atoms with Crippen molar-refractivity contribution in [3.8, 4) is 0 Å². The van der Waals surface area contributed by atoms with Gasteiger partial charge in [-0.3, -0.25) is 0 Å². The summed E-state index contributed by atoms with van der Waals surface area (Å²) in [5.74, 6) is 0. The molecule has 2 N–H and O–H groups in total. The minimum absolute atomic E-state index is 0.199. The molecule has 1 aliphatic heterocycles. The number of hydrogen-bond donors (Lipinski definition) is 1. The number of ether oxygens (including phenoxy) is 1. The van der Waals surface area contributed by atoms with E-state index in [1.807, 2.05) is 32.6 Å². The first-order valence-electron chi connectivity index (χ1n) is 7.29. The summed E-state index contributed by atoms with van der Waals surface area (Å²) in [5, 5.41) is 0. The van der Waals surface area contributed by atoms with Crippen LogP contribution in [0.2, 0.25) is 0 Å². The molecule has 0 aromatic heterocycles. The highest BCUT2D eigenvalue weighted by atomic mass is 16.6. The molecule has 1 saturated heterocycles. The first-order valence-corrected chi connectivity index (χ1v) is 7.29. The van der Waals surface area contributed by atoms with Gasteiger partial charge in [0.15, 0.2) is 0 Å². The van der Waals surface area contributed by atoms with Crippen molar-refractivity contribution in [1.82, 2.24) is 9.80 Å². The third-order valence-electron chi connectivity index (χ3n) is 3.34. The second-order valence-corrected chi connectivity index (χ2v) is 6.15. The maximum Gasteiger partial charge on any atom is 0.410 e. The van der Waals surface area contributed by atoms with Gasteiger partial charge in [-0.25, -0.2) is 4.79 Å². The molecule has 0 saturated carbocycles. The monoisotopic (exact) mass is 271 g/mol. The molecule has 1 atom stereocenters. The topological polar surface area (TPSA) is 58.8 Å². The third kappa shape index (κ3) is 5.37. The van der Waals surface area contributed by atoms with Gasteiger partial charge in [0, 0.05) is 32.2 Å². The molecule has 1 heterocycles. The van der Waals surface area contributed by atoms with E-state index in [-0.39, 0.29) is 12.1 Å². The van der Waals surface area contributed by atoms with Crippen LogP contribution in [-0.4, -0.2) is 60.3 Å². The number of carbonyl (C=O) groups is 1. The summed E-state index contributed by atoms with van der Waals surface area (Å²) in [7, 11) is 0. The van der Waals surface area contributed by atoms with E-state index < -0.39 is 5.60 Å². The third-order valence-corrected chi connectivity index (χ3v) is 3.34. The Bertz CT molecular complexity index is 287. The van der Waals surface area contributed by atoms with Crippen LogP contribution < -0.4 is 5.73 Å². The van der Waals surface area contributed by atoms with Gasteiger partial charge in [0.25, 0.3) is 0 Å². The highest BCUT2D eigenvalue weighted by Crippen LogP contribution is 2.18. The van der Waals surface area contributed by atoms with Gasteiger partial charge < -0.3 is 20.3 Å². The molecule has 0 aromatic carbocycles. The largest absolute Gasteiger partial charge is 0.444 e. The van der Waals surface area contributed by atoms with Crippen molar-refractivity contribution >= 4 is 6.09 Å². The molecule has 0 unspecified atom stereocenters. The summed E-state index contributed by atoms with van der Waals surface area (Å²) >= 11 is 0. The van der Waals surface area contributed by atoms with E-state index in [9.17, 15) is 4.79 Å². The zero-order valence-corrected chi connectivity index (χ0v) is 12.8. The van der Waals surface area contributed by atoms with Crippen LogP contribution in [0.4, 0.5) is 4.79 Å². The summed E-state index contributed by atoms with van der Waals surface area (Å²) in [6.45, 7) is 12.0. The highest BCUT2D eigenvalue weighted by molar-refractivity contribution is 5.68. The van der Waals surface area contributed by atoms with Gasteiger partial charge in [-0.2, -0.15) is 0 Å². The number of likely N-dealkylation sites (tertiary alicyclic amines) is 1. The van der Waals surface area contributed by atoms with Gasteiger partial charge in [-0.15, -0.1) is 0 Å². The van der Waals surface area contributed by atoms with E-state index in [1.54, 1.807) is 0 Å². The van der Waals surface area contributed by atoms with Crippen LogP contribution in [0.5, 0.6) is 0 Å². The fourth-order valence-corrected chi connectivity index (χ4v) is 2.53. The number of piperidine rings is 1. The quantitative estimate of drug-likeness (QED) is 0.845. The van der Waals surface area contributed by atoms with Crippen molar-refractivity contribution in [2.24, 2.45) is 5.73 Å². The normalized spacial score (nSPS) is 21.2. The predicted molar refractivity (Wildman–Crippen MR) is 77.1 cm³/mol. The molecule has 1 rings (SSSR count). The van der Waals surface area contributed by atoms with E-state index >= 15 is 0 Å². The average molecular weight is 271 g/mol. The molecule has 1 amide bonds. The fourth-order valence-electron chi connectivity index (χ4n) is 2.53. The molecule has 112 valence electrons. The van der Waals surface area contributed by atoms with Crippen molar-refractivity contribution in [3.63, 3.8) is 0 Å². The molecule has 5 heteroatoms. The Kier molecular flexibility index (Phi) is 6.07. The number of carbonyl (C=O) groups excluding carboxylic acids is 1. The molecule has 19 heavy (non-hydrogen) atoms. The van der Waals surface area contributed by atoms with Gasteiger partial charge in [-0.1, -0.05) is 0 Å². The average Bonchev–Trinajstić information content (AvgIpc) is 2.28. The summed E-state index contributed by atoms with van der Waals surface area (Å²) in [5.41, 5.74) is 5.18. The van der Waals surface area contributed by atoms with Crippen LogP contribution in [-0.2, 0) is 4.74 Å². The zero-order chi connectivity index (χ0) is 14.5. The Morgan fingerprint density at radius 2 is 2.16 bits per heavy atom. The van der Waals surface area contributed by atoms with E-state index in [1.165, 1.54) is 0 Å². The zero-order valence-electron chi connectivity index (χ0n) is 12.8. The molecule has 0 radical (unpaired) electrons. The van der Waals surface area contributed by atoms with Crippen molar-refractivity contribution in [3.05, 3.63) is 0 Å². The van der Waals surface area contributed by atoms with E-state index in [4.69, 9.17) is 10.5 Å². The van der Waals surface area contributed by atoms with Crippen LogP contribution in [0.1, 0.15) is 40.5 Å². The SMILES string of the molecule is CCN(C(=O)OC(C)(C)C)[C@@H]1CCCN(CCN)C1. The van der Waals surface area contributed by atoms with E-state index in [0.717, 1.165) is 32.5 Å². The Morgan fingerprint density at radius 3 is 2.68 bits per heavy atom. The fraction of sp³-hybridized carbons (Fsp3) is 0.929. The number of amides is 1. The van der Waals surface area contributed by atoms with E-state index in [0.29, 0.717) is 13.1 Å². The molecular formula is C14H29N3O2. The number of hydrogen-bond acceptors (Lipinski definition) is 4. The van der Waals surface area contributed by atoms with Gasteiger partial charge >= 0.3 is 6.09 Å². The lowest BCUT2D eigenvalue weighted by Gasteiger charge is -2.39. The van der Waals surface area contributed by atoms with Crippen LogP contribution in [0, 0.1) is 0 Å². The van der Waals surface area contributed by atoms with Crippen molar-refractivity contribution < 1.29 is 9.53 Å². The first-order chi connectivity index (χ1) is 8.87. The Hall–Kier alpha value is -0.810. The molecule has 0 aliphatic carbocycles. The minimum Gasteiger partial charge on any atom is -0.444 e. The molecule has 0 aromatic rings. The number of nitrogens with two attached hydrogens (primary N) is 1. The maximum absolute atomic E-state index is 12.2. The summed E-state index contributed by atoms with van der Waals surface area (Å²) in [6, 6.07) is 0.250. The minimum atomic E-state index is -0.434. The smallest absolute Gasteiger partial charge is 0.410 e. The van der Waals surface area contributed by atoms with Crippen LogP contribution in [0.25, 0.3) is 0 Å². The highest BCUT2D eigenvalue weighted by Gasteiger charge is 2.30. The molecule has 0 bridgehead atoms. The van der Waals surface area contributed by atoms with Gasteiger partial charge in [0.05, 0.1) is 0 Å². The van der Waals surface area contributed by atoms with Crippen LogP contribution >= 0.6 is 0 Å². The second-order valence-electron chi connectivity index (χ2n) is 6.15. The predicted octanol–water partition coefficient (Wildman–Crippen LogP) is 1.67. The molecule has 5 nitrogen and oxygen atoms in total. The lowest BCUT2D eigenvalue weighted by atomic mass is 10.0. The maximum atomic E-state index is 12.2. The Morgan fingerprint density at radius 1 is 1.47 bits per heavy atom. The van der Waals surface area contributed by atoms with E-state index in [2.05, 4.69) is 4.90 Å². The molecular weight excluding hydrogens is 242 g/mol. The number of likely N-dealkylation sites (N-methyl/N-ethyl adjacent to an activating group) is 1. The van der Waals surface area contributed by atoms with Gasteiger partial charge in [-0.05, 0) is 47.1 Å². The van der Waals surface area contributed by atoms with Crippen molar-refractivity contribution in [2.75, 3.05) is 32.7 Å². The first kappa shape index (κ1) is 16.2. The van der Waals surface area contributed by atoms with Gasteiger partial charge in [0.1, 0.15) is 5.60 Å². The van der Waals surface area contributed by atoms with Crippen LogP contribution in [0.3, 0.4) is 0 Å². The molecule has 0 spiro atoms. The molecule has 1 fully saturated rings. The summed E-state index contributed by atoms with van der Waals surface area (Å²) in [6.07, 6.45) is 1.97. The van der Waals surface area contributed by atoms with Crippen LogP contribution in [0.15, 0.2) is 0 Å². The lowest BCUT2D eigenvalue weighted by molar-refractivity contribution is 0.00798.